The van der Waals surface area contributed by atoms with Crippen LogP contribution in [-0.2, 0) is 0 Å². The molecule has 3 atom stereocenters. The SMILES string of the molecule is Cc1nc(C2CCCNC2)cc(N2C[C@H]3CC[C@@H](C2)N3)n1. The van der Waals surface area contributed by atoms with E-state index in [1.807, 2.05) is 6.92 Å². The molecule has 0 saturated carbocycles. The average Bonchev–Trinajstić information content (AvgIpc) is 2.86. The Morgan fingerprint density at radius 3 is 2.67 bits per heavy atom. The number of rotatable bonds is 2. The number of nitrogens with zero attached hydrogens (tertiary/aromatic N) is 3. The van der Waals surface area contributed by atoms with Crippen LogP contribution in [0.4, 0.5) is 5.82 Å². The Kier molecular flexibility index (Phi) is 3.55. The van der Waals surface area contributed by atoms with Crippen LogP contribution >= 0.6 is 0 Å². The minimum atomic E-state index is 0.554. The summed E-state index contributed by atoms with van der Waals surface area (Å²) in [4.78, 5) is 11.9. The number of aryl methyl sites for hydroxylation is 1. The molecule has 2 N–H and O–H groups in total. The molecule has 0 spiro atoms. The Balaban J connectivity index is 1.58. The second kappa shape index (κ2) is 5.54. The lowest BCUT2D eigenvalue weighted by Gasteiger charge is -2.34. The third kappa shape index (κ3) is 2.77. The van der Waals surface area contributed by atoms with Crippen molar-refractivity contribution in [3.63, 3.8) is 0 Å². The average molecular weight is 287 g/mol. The molecule has 1 aromatic rings. The zero-order valence-corrected chi connectivity index (χ0v) is 12.8. The van der Waals surface area contributed by atoms with E-state index in [4.69, 9.17) is 9.97 Å². The molecule has 4 heterocycles. The molecule has 1 aromatic heterocycles. The Hall–Kier alpha value is -1.20. The molecule has 1 unspecified atom stereocenters. The van der Waals surface area contributed by atoms with Crippen molar-refractivity contribution in [3.8, 4) is 0 Å². The molecular formula is C16H25N5. The maximum absolute atomic E-state index is 4.72. The monoisotopic (exact) mass is 287 g/mol. The van der Waals surface area contributed by atoms with Gasteiger partial charge in [-0.25, -0.2) is 9.97 Å². The highest BCUT2D eigenvalue weighted by Gasteiger charge is 2.33. The summed E-state index contributed by atoms with van der Waals surface area (Å²) < 4.78 is 0. The van der Waals surface area contributed by atoms with Gasteiger partial charge in [-0.1, -0.05) is 0 Å². The van der Waals surface area contributed by atoms with Crippen molar-refractivity contribution in [2.45, 2.75) is 50.6 Å². The number of piperidine rings is 1. The standard InChI is InChI=1S/C16H25N5/c1-11-18-15(12-3-2-6-17-8-12)7-16(19-11)21-9-13-4-5-14(10-21)20-13/h7,12-14,17,20H,2-6,8-10H2,1H3/t12?,13-,14+. The van der Waals surface area contributed by atoms with E-state index in [2.05, 4.69) is 21.6 Å². The molecule has 2 bridgehead atoms. The number of hydrogen-bond donors (Lipinski definition) is 2. The molecule has 0 aromatic carbocycles. The van der Waals surface area contributed by atoms with Gasteiger partial charge in [0.2, 0.25) is 0 Å². The summed E-state index contributed by atoms with van der Waals surface area (Å²) in [5.41, 5.74) is 1.23. The lowest BCUT2D eigenvalue weighted by atomic mass is 9.96. The van der Waals surface area contributed by atoms with Crippen LogP contribution in [0.15, 0.2) is 6.07 Å². The van der Waals surface area contributed by atoms with E-state index >= 15 is 0 Å². The van der Waals surface area contributed by atoms with E-state index in [1.54, 1.807) is 0 Å². The molecule has 0 amide bonds. The first-order chi connectivity index (χ1) is 10.3. The maximum atomic E-state index is 4.72. The highest BCUT2D eigenvalue weighted by Crippen LogP contribution is 2.27. The number of piperazine rings is 1. The second-order valence-electron chi connectivity index (χ2n) is 6.78. The zero-order valence-electron chi connectivity index (χ0n) is 12.8. The molecule has 114 valence electrons. The van der Waals surface area contributed by atoms with Crippen molar-refractivity contribution in [1.82, 2.24) is 20.6 Å². The summed E-state index contributed by atoms with van der Waals surface area (Å²) in [7, 11) is 0. The molecule has 3 aliphatic rings. The lowest BCUT2D eigenvalue weighted by molar-refractivity contribution is 0.450. The predicted octanol–water partition coefficient (Wildman–Crippen LogP) is 1.19. The number of hydrogen-bond acceptors (Lipinski definition) is 5. The first-order valence-electron chi connectivity index (χ1n) is 8.35. The van der Waals surface area contributed by atoms with Gasteiger partial charge in [-0.15, -0.1) is 0 Å². The summed E-state index contributed by atoms with van der Waals surface area (Å²) >= 11 is 0. The zero-order chi connectivity index (χ0) is 14.2. The van der Waals surface area contributed by atoms with Crippen LogP contribution in [0, 0.1) is 6.92 Å². The van der Waals surface area contributed by atoms with Crippen molar-refractivity contribution in [3.05, 3.63) is 17.6 Å². The third-order valence-electron chi connectivity index (χ3n) is 5.10. The van der Waals surface area contributed by atoms with Gasteiger partial charge in [-0.05, 0) is 39.2 Å². The number of aromatic nitrogens is 2. The number of fused-ring (bicyclic) bond motifs is 2. The molecular weight excluding hydrogens is 262 g/mol. The fourth-order valence-electron chi connectivity index (χ4n) is 4.03. The normalized spacial score (nSPS) is 32.4. The topological polar surface area (TPSA) is 53.1 Å². The van der Waals surface area contributed by atoms with Crippen molar-refractivity contribution < 1.29 is 0 Å². The van der Waals surface area contributed by atoms with Crippen LogP contribution in [0.2, 0.25) is 0 Å². The fourth-order valence-corrected chi connectivity index (χ4v) is 4.03. The van der Waals surface area contributed by atoms with Gasteiger partial charge in [-0.3, -0.25) is 0 Å². The minimum Gasteiger partial charge on any atom is -0.353 e. The van der Waals surface area contributed by atoms with Gasteiger partial charge < -0.3 is 15.5 Å². The van der Waals surface area contributed by atoms with Crippen molar-refractivity contribution in [1.29, 1.82) is 0 Å². The van der Waals surface area contributed by atoms with E-state index < -0.39 is 0 Å². The summed E-state index contributed by atoms with van der Waals surface area (Å²) in [6.45, 7) is 6.42. The maximum Gasteiger partial charge on any atom is 0.132 e. The summed E-state index contributed by atoms with van der Waals surface area (Å²) in [6, 6.07) is 3.55. The van der Waals surface area contributed by atoms with Gasteiger partial charge in [0.05, 0.1) is 5.69 Å². The molecule has 3 aliphatic heterocycles. The Morgan fingerprint density at radius 2 is 1.95 bits per heavy atom. The molecule has 4 rings (SSSR count). The fraction of sp³-hybridized carbons (Fsp3) is 0.750. The van der Waals surface area contributed by atoms with E-state index in [0.29, 0.717) is 18.0 Å². The van der Waals surface area contributed by atoms with Crippen molar-refractivity contribution in [2.24, 2.45) is 0 Å². The highest BCUT2D eigenvalue weighted by molar-refractivity contribution is 5.42. The summed E-state index contributed by atoms with van der Waals surface area (Å²) in [6.07, 6.45) is 5.12. The first kappa shape index (κ1) is 13.5. The molecule has 0 radical (unpaired) electrons. The summed E-state index contributed by atoms with van der Waals surface area (Å²) in [5, 5.41) is 7.18. The van der Waals surface area contributed by atoms with Gasteiger partial charge in [0, 0.05) is 43.7 Å². The largest absolute Gasteiger partial charge is 0.353 e. The van der Waals surface area contributed by atoms with E-state index in [9.17, 15) is 0 Å². The van der Waals surface area contributed by atoms with Crippen LogP contribution in [0.3, 0.4) is 0 Å². The van der Waals surface area contributed by atoms with Crippen molar-refractivity contribution >= 4 is 5.82 Å². The molecule has 5 heteroatoms. The second-order valence-corrected chi connectivity index (χ2v) is 6.78. The van der Waals surface area contributed by atoms with Crippen LogP contribution in [0.25, 0.3) is 0 Å². The van der Waals surface area contributed by atoms with E-state index in [-0.39, 0.29) is 0 Å². The Bertz CT molecular complexity index is 499. The van der Waals surface area contributed by atoms with Crippen LogP contribution < -0.4 is 15.5 Å². The first-order valence-corrected chi connectivity index (χ1v) is 8.35. The number of anilines is 1. The molecule has 0 aliphatic carbocycles. The van der Waals surface area contributed by atoms with Gasteiger partial charge in [0.15, 0.2) is 0 Å². The van der Waals surface area contributed by atoms with Gasteiger partial charge in [0.25, 0.3) is 0 Å². The summed E-state index contributed by atoms with van der Waals surface area (Å²) in [5.74, 6) is 2.61. The highest BCUT2D eigenvalue weighted by atomic mass is 15.3. The smallest absolute Gasteiger partial charge is 0.132 e. The molecule has 3 fully saturated rings. The van der Waals surface area contributed by atoms with Gasteiger partial charge in [-0.2, -0.15) is 0 Å². The Labute approximate surface area is 126 Å². The molecule has 3 saturated heterocycles. The van der Waals surface area contributed by atoms with Crippen molar-refractivity contribution in [2.75, 3.05) is 31.1 Å². The van der Waals surface area contributed by atoms with E-state index in [0.717, 1.165) is 37.8 Å². The minimum absolute atomic E-state index is 0.554. The predicted molar refractivity (Wildman–Crippen MR) is 83.8 cm³/mol. The molecule has 5 nitrogen and oxygen atoms in total. The van der Waals surface area contributed by atoms with Gasteiger partial charge in [0.1, 0.15) is 11.6 Å². The third-order valence-corrected chi connectivity index (χ3v) is 5.10. The van der Waals surface area contributed by atoms with Crippen LogP contribution in [-0.4, -0.2) is 48.2 Å². The van der Waals surface area contributed by atoms with Gasteiger partial charge >= 0.3 is 0 Å². The lowest BCUT2D eigenvalue weighted by Crippen LogP contribution is -2.51. The van der Waals surface area contributed by atoms with Crippen LogP contribution in [0.1, 0.15) is 43.1 Å². The molecule has 21 heavy (non-hydrogen) atoms. The van der Waals surface area contributed by atoms with Crippen LogP contribution in [0.5, 0.6) is 0 Å². The Morgan fingerprint density at radius 1 is 1.14 bits per heavy atom. The quantitative estimate of drug-likeness (QED) is 0.856. The van der Waals surface area contributed by atoms with E-state index in [1.165, 1.54) is 31.4 Å². The number of nitrogens with one attached hydrogen (secondary N) is 2.